The first-order valence-corrected chi connectivity index (χ1v) is 12.6. The van der Waals surface area contributed by atoms with Crippen molar-refractivity contribution in [3.8, 4) is 5.75 Å². The van der Waals surface area contributed by atoms with E-state index >= 15 is 0 Å². The molecule has 1 aliphatic carbocycles. The number of piperazine rings is 1. The molecule has 1 aromatic rings. The Kier molecular flexibility index (Phi) is 6.36. The van der Waals surface area contributed by atoms with Gasteiger partial charge in [0, 0.05) is 19.6 Å². The van der Waals surface area contributed by atoms with Crippen LogP contribution >= 0.6 is 0 Å². The number of carbonyl (C=O) groups is 1. The zero-order valence-corrected chi connectivity index (χ0v) is 18.8. The Morgan fingerprint density at radius 1 is 1.13 bits per heavy atom. The molecule has 0 spiro atoms. The van der Waals surface area contributed by atoms with Crippen molar-refractivity contribution >= 4 is 21.6 Å². The molecule has 1 N–H and O–H groups in total. The van der Waals surface area contributed by atoms with Gasteiger partial charge >= 0.3 is 0 Å². The van der Waals surface area contributed by atoms with Gasteiger partial charge in [0.15, 0.2) is 0 Å². The van der Waals surface area contributed by atoms with Crippen LogP contribution in [0.5, 0.6) is 5.75 Å². The maximum atomic E-state index is 13.2. The van der Waals surface area contributed by atoms with Gasteiger partial charge in [-0.3, -0.25) is 9.69 Å². The van der Waals surface area contributed by atoms with Gasteiger partial charge in [0.25, 0.3) is 0 Å². The molecule has 0 bridgehead atoms. The van der Waals surface area contributed by atoms with Gasteiger partial charge in [0.1, 0.15) is 12.4 Å². The summed E-state index contributed by atoms with van der Waals surface area (Å²) in [6, 6.07) is 5.76. The fourth-order valence-corrected chi connectivity index (χ4v) is 6.79. The molecule has 3 aliphatic rings. The molecule has 4 rings (SSSR count). The highest BCUT2D eigenvalue weighted by Gasteiger charge is 2.39. The van der Waals surface area contributed by atoms with E-state index in [1.54, 1.807) is 4.31 Å². The number of carbonyl (C=O) groups excluding carboxylic acids is 1. The average Bonchev–Trinajstić information content (AvgIpc) is 2.80. The monoisotopic (exact) mass is 435 g/mol. The molecule has 2 heterocycles. The molecule has 2 aliphatic heterocycles. The van der Waals surface area contributed by atoms with Crippen LogP contribution in [0, 0.1) is 0 Å². The van der Waals surface area contributed by atoms with Crippen LogP contribution in [0.15, 0.2) is 18.2 Å². The van der Waals surface area contributed by atoms with Crippen molar-refractivity contribution in [2.24, 2.45) is 0 Å². The van der Waals surface area contributed by atoms with Gasteiger partial charge in [-0.05, 0) is 36.5 Å². The number of amides is 1. The van der Waals surface area contributed by atoms with Crippen molar-refractivity contribution in [3.63, 3.8) is 0 Å². The van der Waals surface area contributed by atoms with Crippen molar-refractivity contribution in [2.75, 3.05) is 38.1 Å². The minimum absolute atomic E-state index is 0.0868. The van der Waals surface area contributed by atoms with Crippen molar-refractivity contribution in [2.45, 2.75) is 63.2 Å². The van der Waals surface area contributed by atoms with Crippen LogP contribution in [0.4, 0.5) is 5.69 Å². The van der Waals surface area contributed by atoms with Crippen molar-refractivity contribution in [3.05, 3.63) is 23.8 Å². The van der Waals surface area contributed by atoms with Crippen LogP contribution in [0.3, 0.4) is 0 Å². The second-order valence-corrected chi connectivity index (χ2v) is 11.3. The lowest BCUT2D eigenvalue weighted by Gasteiger charge is -2.41. The molecule has 0 radical (unpaired) electrons. The summed E-state index contributed by atoms with van der Waals surface area (Å²) in [5, 5.41) is 2.73. The van der Waals surface area contributed by atoms with Gasteiger partial charge < -0.3 is 10.1 Å². The Morgan fingerprint density at radius 2 is 1.90 bits per heavy atom. The van der Waals surface area contributed by atoms with E-state index in [2.05, 4.69) is 24.1 Å². The third-order valence-electron chi connectivity index (χ3n) is 6.62. The number of sulfonamides is 1. The van der Waals surface area contributed by atoms with Crippen LogP contribution < -0.4 is 10.1 Å². The Labute approximate surface area is 179 Å². The molecule has 7 nitrogen and oxygen atoms in total. The van der Waals surface area contributed by atoms with E-state index < -0.39 is 10.0 Å². The van der Waals surface area contributed by atoms with Gasteiger partial charge in [0.05, 0.1) is 23.5 Å². The maximum Gasteiger partial charge on any atom is 0.238 e. The minimum atomic E-state index is -3.30. The summed E-state index contributed by atoms with van der Waals surface area (Å²) in [6.07, 6.45) is 4.64. The molecule has 8 heteroatoms. The predicted octanol–water partition coefficient (Wildman–Crippen LogP) is 2.79. The van der Waals surface area contributed by atoms with Gasteiger partial charge in [-0.15, -0.1) is 0 Å². The number of rotatable bonds is 3. The SMILES string of the molecule is CC(C)c1ccc2c(c1)NC(=O)CN1CCN(S(=O)(=O)C3CCCCC3)C[C@H]1CO2. The Morgan fingerprint density at radius 3 is 2.63 bits per heavy atom. The van der Waals surface area contributed by atoms with Crippen molar-refractivity contribution in [1.29, 1.82) is 0 Å². The predicted molar refractivity (Wildman–Crippen MR) is 117 cm³/mol. The van der Waals surface area contributed by atoms with E-state index in [-0.39, 0.29) is 23.7 Å². The van der Waals surface area contributed by atoms with Gasteiger partial charge in [-0.25, -0.2) is 8.42 Å². The van der Waals surface area contributed by atoms with E-state index in [0.29, 0.717) is 43.6 Å². The molecule has 1 saturated heterocycles. The molecule has 1 amide bonds. The lowest BCUT2D eigenvalue weighted by atomic mass is 10.0. The van der Waals surface area contributed by atoms with E-state index in [9.17, 15) is 13.2 Å². The van der Waals surface area contributed by atoms with Crippen LogP contribution in [-0.4, -0.2) is 67.6 Å². The lowest BCUT2D eigenvalue weighted by Crippen LogP contribution is -2.59. The molecule has 0 aromatic heterocycles. The van der Waals surface area contributed by atoms with E-state index in [1.807, 2.05) is 18.2 Å². The summed E-state index contributed by atoms with van der Waals surface area (Å²) in [5.41, 5.74) is 1.83. The first-order valence-electron chi connectivity index (χ1n) is 11.1. The fraction of sp³-hybridized carbons (Fsp3) is 0.682. The zero-order valence-electron chi connectivity index (χ0n) is 18.0. The summed E-state index contributed by atoms with van der Waals surface area (Å²) in [7, 11) is -3.30. The third-order valence-corrected chi connectivity index (χ3v) is 8.99. The number of benzene rings is 1. The van der Waals surface area contributed by atoms with E-state index in [1.165, 1.54) is 0 Å². The molecule has 1 saturated carbocycles. The summed E-state index contributed by atoms with van der Waals surface area (Å²) >= 11 is 0. The largest absolute Gasteiger partial charge is 0.490 e. The van der Waals surface area contributed by atoms with Gasteiger partial charge in [-0.1, -0.05) is 39.2 Å². The molecule has 0 unspecified atom stereocenters. The Bertz CT molecular complexity index is 880. The van der Waals surface area contributed by atoms with Crippen LogP contribution in [0.2, 0.25) is 0 Å². The van der Waals surface area contributed by atoms with Gasteiger partial charge in [0.2, 0.25) is 15.9 Å². The standard InChI is InChI=1S/C22H33N3O4S/c1-16(2)17-8-9-21-20(12-17)23-22(26)14-24-10-11-25(13-18(24)15-29-21)30(27,28)19-6-4-3-5-7-19/h8-9,12,16,18-19H,3-7,10-11,13-15H2,1-2H3,(H,23,26)/t18-/m0/s1. The number of ether oxygens (including phenoxy) is 1. The Hall–Kier alpha value is -1.64. The highest BCUT2D eigenvalue weighted by molar-refractivity contribution is 7.89. The molecular formula is C22H33N3O4S. The minimum Gasteiger partial charge on any atom is -0.490 e. The van der Waals surface area contributed by atoms with E-state index in [4.69, 9.17) is 4.74 Å². The fourth-order valence-electron chi connectivity index (χ4n) is 4.73. The first-order chi connectivity index (χ1) is 14.3. The molecule has 1 aromatic carbocycles. The number of fused-ring (bicyclic) bond motifs is 2. The topological polar surface area (TPSA) is 79.0 Å². The second kappa shape index (κ2) is 8.85. The highest BCUT2D eigenvalue weighted by atomic mass is 32.2. The maximum absolute atomic E-state index is 13.2. The summed E-state index contributed by atoms with van der Waals surface area (Å²) in [6.45, 7) is 6.19. The smallest absolute Gasteiger partial charge is 0.238 e. The first kappa shape index (κ1) is 21.6. The van der Waals surface area contributed by atoms with Crippen LogP contribution in [0.1, 0.15) is 57.4 Å². The van der Waals surface area contributed by atoms with Crippen molar-refractivity contribution < 1.29 is 17.9 Å². The van der Waals surface area contributed by atoms with Crippen molar-refractivity contribution in [1.82, 2.24) is 9.21 Å². The molecule has 2 fully saturated rings. The zero-order chi connectivity index (χ0) is 21.3. The second-order valence-electron chi connectivity index (χ2n) is 9.06. The quantitative estimate of drug-likeness (QED) is 0.790. The molecule has 166 valence electrons. The number of anilines is 1. The van der Waals surface area contributed by atoms with Gasteiger partial charge in [-0.2, -0.15) is 4.31 Å². The lowest BCUT2D eigenvalue weighted by molar-refractivity contribution is -0.118. The molecular weight excluding hydrogens is 402 g/mol. The number of nitrogens with one attached hydrogen (secondary N) is 1. The molecule has 1 atom stereocenters. The Balaban J connectivity index is 1.52. The van der Waals surface area contributed by atoms with Crippen LogP contribution in [0.25, 0.3) is 0 Å². The summed E-state index contributed by atoms with van der Waals surface area (Å²) < 4.78 is 34.1. The number of nitrogens with zero attached hydrogens (tertiary/aromatic N) is 2. The number of hydrogen-bond donors (Lipinski definition) is 1. The summed E-state index contributed by atoms with van der Waals surface area (Å²) in [5.74, 6) is 0.905. The highest BCUT2D eigenvalue weighted by Crippen LogP contribution is 2.31. The number of hydrogen-bond acceptors (Lipinski definition) is 5. The normalized spacial score (nSPS) is 24.8. The van der Waals surface area contributed by atoms with Crippen LogP contribution in [-0.2, 0) is 14.8 Å². The summed E-state index contributed by atoms with van der Waals surface area (Å²) in [4.78, 5) is 14.7. The third kappa shape index (κ3) is 4.50. The molecule has 30 heavy (non-hydrogen) atoms. The van der Waals surface area contributed by atoms with E-state index in [0.717, 1.165) is 37.7 Å². The average molecular weight is 436 g/mol.